The van der Waals surface area contributed by atoms with E-state index in [2.05, 4.69) is 4.18 Å². The third-order valence-corrected chi connectivity index (χ3v) is 2.29. The predicted octanol–water partition coefficient (Wildman–Crippen LogP) is 1.72. The van der Waals surface area contributed by atoms with Gasteiger partial charge >= 0.3 is 11.0 Å². The molecule has 0 heterocycles. The first-order valence-electron chi connectivity index (χ1n) is 4.15. The van der Waals surface area contributed by atoms with Gasteiger partial charge in [0, 0.05) is 0 Å². The normalized spacial score (nSPS) is 10.1. The molecule has 0 aliphatic carbocycles. The average Bonchev–Trinajstić information content (AvgIpc) is 2.17. The van der Waals surface area contributed by atoms with Crippen LogP contribution in [0.25, 0.3) is 10.8 Å². The van der Waals surface area contributed by atoms with Gasteiger partial charge in [0.2, 0.25) is 0 Å². The number of hydrogen-bond donors (Lipinski definition) is 1. The fourth-order valence-corrected chi connectivity index (χ4v) is 1.60. The molecule has 2 rings (SSSR count). The first-order chi connectivity index (χ1) is 7.15. The van der Waals surface area contributed by atoms with Crippen LogP contribution >= 0.6 is 0 Å². The van der Waals surface area contributed by atoms with Gasteiger partial charge in [0.15, 0.2) is 0 Å². The van der Waals surface area contributed by atoms with E-state index >= 15 is 0 Å². The molecule has 15 heavy (non-hydrogen) atoms. The van der Waals surface area contributed by atoms with Gasteiger partial charge in [-0.15, -0.1) is 8.42 Å². The Morgan fingerprint density at radius 2 is 1.67 bits per heavy atom. The molecule has 0 saturated carbocycles. The molecule has 0 saturated heterocycles. The van der Waals surface area contributed by atoms with E-state index in [9.17, 15) is 13.5 Å². The van der Waals surface area contributed by atoms with Crippen LogP contribution in [0.4, 0.5) is 0 Å². The van der Waals surface area contributed by atoms with Gasteiger partial charge in [-0.2, -0.15) is 0 Å². The van der Waals surface area contributed by atoms with Crippen LogP contribution in [0.2, 0.25) is 0 Å². The summed E-state index contributed by atoms with van der Waals surface area (Å²) < 4.78 is 25.1. The molecular formula is C10H7O4S. The van der Waals surface area contributed by atoms with Crippen LogP contribution < -0.4 is 4.18 Å². The smallest absolute Gasteiger partial charge is 0.388 e. The number of aromatic hydroxyl groups is 1. The number of rotatable bonds is 2. The molecule has 0 aliphatic heterocycles. The number of hydrogen-bond acceptors (Lipinski definition) is 4. The Bertz CT molecular complexity index is 567. The lowest BCUT2D eigenvalue weighted by molar-refractivity contribution is 0.476. The number of fused-ring (bicyclic) bond motifs is 1. The molecular weight excluding hydrogens is 216 g/mol. The van der Waals surface area contributed by atoms with Crippen LogP contribution in [0.5, 0.6) is 11.5 Å². The molecule has 0 atom stereocenters. The van der Waals surface area contributed by atoms with E-state index < -0.39 is 11.0 Å². The minimum Gasteiger partial charge on any atom is -0.508 e. The lowest BCUT2D eigenvalue weighted by Gasteiger charge is -2.00. The van der Waals surface area contributed by atoms with Crippen molar-refractivity contribution in [2.45, 2.75) is 0 Å². The van der Waals surface area contributed by atoms with E-state index in [1.807, 2.05) is 0 Å². The van der Waals surface area contributed by atoms with Crippen molar-refractivity contribution in [2.75, 3.05) is 0 Å². The Morgan fingerprint density at radius 1 is 1.00 bits per heavy atom. The van der Waals surface area contributed by atoms with Crippen molar-refractivity contribution in [3.8, 4) is 11.5 Å². The van der Waals surface area contributed by atoms with Crippen molar-refractivity contribution in [3.63, 3.8) is 0 Å². The molecule has 0 spiro atoms. The van der Waals surface area contributed by atoms with Crippen molar-refractivity contribution in [2.24, 2.45) is 0 Å². The lowest BCUT2D eigenvalue weighted by atomic mass is 10.1. The maximum Gasteiger partial charge on any atom is 0.388 e. The zero-order valence-corrected chi connectivity index (χ0v) is 8.36. The molecule has 0 bridgehead atoms. The molecule has 1 radical (unpaired) electrons. The number of phenols is 1. The Labute approximate surface area is 87.9 Å². The van der Waals surface area contributed by atoms with Crippen LogP contribution in [-0.4, -0.2) is 13.5 Å². The quantitative estimate of drug-likeness (QED) is 0.841. The summed E-state index contributed by atoms with van der Waals surface area (Å²) in [6, 6.07) is 9.60. The second-order valence-corrected chi connectivity index (χ2v) is 3.56. The summed E-state index contributed by atoms with van der Waals surface area (Å²) >= 11 is 0. The summed E-state index contributed by atoms with van der Waals surface area (Å²) in [7, 11) is -2.56. The van der Waals surface area contributed by atoms with Crippen molar-refractivity contribution >= 4 is 21.8 Å². The second-order valence-electron chi connectivity index (χ2n) is 2.98. The van der Waals surface area contributed by atoms with Gasteiger partial charge in [0.05, 0.1) is 0 Å². The highest BCUT2D eigenvalue weighted by molar-refractivity contribution is 7.67. The minimum atomic E-state index is -2.56. The summed E-state index contributed by atoms with van der Waals surface area (Å²) in [6.45, 7) is 0. The fourth-order valence-electron chi connectivity index (χ4n) is 1.34. The van der Waals surface area contributed by atoms with Crippen LogP contribution in [0.15, 0.2) is 36.4 Å². The highest BCUT2D eigenvalue weighted by Gasteiger charge is 2.00. The van der Waals surface area contributed by atoms with Crippen molar-refractivity contribution in [3.05, 3.63) is 36.4 Å². The van der Waals surface area contributed by atoms with Gasteiger partial charge in [-0.05, 0) is 35.0 Å². The molecule has 77 valence electrons. The number of benzene rings is 2. The first kappa shape index (κ1) is 9.67. The molecule has 0 fully saturated rings. The van der Waals surface area contributed by atoms with Crippen LogP contribution in [0, 0.1) is 0 Å². The van der Waals surface area contributed by atoms with E-state index in [1.165, 1.54) is 12.1 Å². The zero-order valence-electron chi connectivity index (χ0n) is 7.54. The van der Waals surface area contributed by atoms with E-state index in [0.29, 0.717) is 0 Å². The SMILES string of the molecule is O=[S](=O)Oc1ccc2cc(O)ccc2c1. The molecule has 2 aromatic carbocycles. The Kier molecular flexibility index (Phi) is 2.39. The maximum atomic E-state index is 10.3. The zero-order chi connectivity index (χ0) is 10.8. The Balaban J connectivity index is 2.52. The van der Waals surface area contributed by atoms with E-state index in [0.717, 1.165) is 10.8 Å². The highest BCUT2D eigenvalue weighted by atomic mass is 32.2. The van der Waals surface area contributed by atoms with E-state index in [1.54, 1.807) is 24.3 Å². The summed E-state index contributed by atoms with van der Waals surface area (Å²) in [6.07, 6.45) is 0. The Morgan fingerprint density at radius 3 is 2.40 bits per heavy atom. The molecule has 2 aromatic rings. The molecule has 0 aromatic heterocycles. The maximum absolute atomic E-state index is 10.3. The van der Waals surface area contributed by atoms with Gasteiger partial charge in [-0.1, -0.05) is 12.1 Å². The molecule has 0 aliphatic rings. The van der Waals surface area contributed by atoms with Gasteiger partial charge in [0.25, 0.3) is 0 Å². The third-order valence-electron chi connectivity index (χ3n) is 1.96. The van der Waals surface area contributed by atoms with Crippen molar-refractivity contribution in [1.29, 1.82) is 0 Å². The van der Waals surface area contributed by atoms with Gasteiger partial charge in [-0.25, -0.2) is 0 Å². The van der Waals surface area contributed by atoms with Crippen LogP contribution in [-0.2, 0) is 11.0 Å². The Hall–Kier alpha value is -1.88. The highest BCUT2D eigenvalue weighted by Crippen LogP contribution is 2.24. The standard InChI is InChI=1S/C10H7O4S/c11-9-3-1-8-6-10(14-15(12)13)4-2-7(8)5-9/h1-6,11H. The van der Waals surface area contributed by atoms with Crippen LogP contribution in [0.1, 0.15) is 0 Å². The minimum absolute atomic E-state index is 0.170. The summed E-state index contributed by atoms with van der Waals surface area (Å²) in [5.41, 5.74) is 0. The monoisotopic (exact) mass is 223 g/mol. The largest absolute Gasteiger partial charge is 0.508 e. The van der Waals surface area contributed by atoms with Gasteiger partial charge < -0.3 is 9.29 Å². The molecule has 0 amide bonds. The topological polar surface area (TPSA) is 63.6 Å². The third kappa shape index (κ3) is 2.13. The second kappa shape index (κ2) is 3.70. The lowest BCUT2D eigenvalue weighted by Crippen LogP contribution is -1.89. The van der Waals surface area contributed by atoms with Gasteiger partial charge in [-0.3, -0.25) is 0 Å². The number of phenolic OH excluding ortho intramolecular Hbond substituents is 1. The van der Waals surface area contributed by atoms with Gasteiger partial charge in [0.1, 0.15) is 11.5 Å². The first-order valence-corrected chi connectivity index (χ1v) is 5.15. The van der Waals surface area contributed by atoms with E-state index in [-0.39, 0.29) is 11.5 Å². The molecule has 5 heteroatoms. The fraction of sp³-hybridized carbons (Fsp3) is 0. The molecule has 4 nitrogen and oxygen atoms in total. The summed E-state index contributed by atoms with van der Waals surface area (Å²) in [4.78, 5) is 0. The average molecular weight is 223 g/mol. The van der Waals surface area contributed by atoms with Crippen molar-refractivity contribution < 1.29 is 17.7 Å². The summed E-state index contributed by atoms with van der Waals surface area (Å²) in [5, 5.41) is 10.8. The molecule has 1 N–H and O–H groups in total. The van der Waals surface area contributed by atoms with Crippen molar-refractivity contribution in [1.82, 2.24) is 0 Å². The molecule has 0 unspecified atom stereocenters. The van der Waals surface area contributed by atoms with E-state index in [4.69, 9.17) is 0 Å². The summed E-state index contributed by atoms with van der Waals surface area (Å²) in [5.74, 6) is 0.421. The predicted molar refractivity (Wildman–Crippen MR) is 55.2 cm³/mol. The van der Waals surface area contributed by atoms with Crippen LogP contribution in [0.3, 0.4) is 0 Å².